The third-order valence-corrected chi connectivity index (χ3v) is 3.56. The number of carbonyl (C=O) groups excluding carboxylic acids is 2. The van der Waals surface area contributed by atoms with Gasteiger partial charge >= 0.3 is 0 Å². The van der Waals surface area contributed by atoms with Crippen LogP contribution in [0.25, 0.3) is 0 Å². The highest BCUT2D eigenvalue weighted by atomic mass is 16.2. The maximum absolute atomic E-state index is 11.9. The summed E-state index contributed by atoms with van der Waals surface area (Å²) in [6.45, 7) is 2.48. The zero-order valence-corrected chi connectivity index (χ0v) is 10.7. The van der Waals surface area contributed by atoms with Gasteiger partial charge in [-0.1, -0.05) is 13.3 Å². The molecule has 0 spiro atoms. The summed E-state index contributed by atoms with van der Waals surface area (Å²) in [6, 6.07) is -0.0521. The van der Waals surface area contributed by atoms with E-state index in [4.69, 9.17) is 5.73 Å². The van der Waals surface area contributed by atoms with Gasteiger partial charge in [0.05, 0.1) is 5.92 Å². The topological polar surface area (TPSA) is 84.2 Å². The van der Waals surface area contributed by atoms with Gasteiger partial charge in [-0.05, 0) is 18.8 Å². The van der Waals surface area contributed by atoms with Crippen molar-refractivity contribution in [2.75, 3.05) is 13.6 Å². The molecule has 3 unspecified atom stereocenters. The Hall–Kier alpha value is -1.10. The predicted octanol–water partition coefficient (Wildman–Crippen LogP) is 0.00220. The molecule has 1 fully saturated rings. The molecule has 0 saturated heterocycles. The highest BCUT2D eigenvalue weighted by Gasteiger charge is 2.32. The first kappa shape index (κ1) is 14.0. The zero-order chi connectivity index (χ0) is 12.8. The molecule has 1 rings (SSSR count). The zero-order valence-electron chi connectivity index (χ0n) is 10.7. The van der Waals surface area contributed by atoms with Gasteiger partial charge in [0.1, 0.15) is 0 Å². The van der Waals surface area contributed by atoms with Crippen molar-refractivity contribution in [3.63, 3.8) is 0 Å². The number of carbonyl (C=O) groups is 2. The van der Waals surface area contributed by atoms with Crippen molar-refractivity contribution in [3.8, 4) is 0 Å². The molecule has 17 heavy (non-hydrogen) atoms. The van der Waals surface area contributed by atoms with Crippen molar-refractivity contribution in [3.05, 3.63) is 0 Å². The second-order valence-corrected chi connectivity index (χ2v) is 4.81. The van der Waals surface area contributed by atoms with Crippen molar-refractivity contribution < 1.29 is 9.59 Å². The quantitative estimate of drug-likeness (QED) is 0.648. The lowest BCUT2D eigenvalue weighted by Gasteiger charge is -2.32. The second kappa shape index (κ2) is 6.59. The van der Waals surface area contributed by atoms with Crippen LogP contribution in [0.1, 0.15) is 32.6 Å². The molecule has 5 nitrogen and oxygen atoms in total. The number of nitrogens with one attached hydrogen (secondary N) is 2. The predicted molar refractivity (Wildman–Crippen MR) is 66.2 cm³/mol. The van der Waals surface area contributed by atoms with Gasteiger partial charge in [0.15, 0.2) is 0 Å². The molecule has 0 aromatic carbocycles. The first-order valence-electron chi connectivity index (χ1n) is 6.30. The first-order valence-corrected chi connectivity index (χ1v) is 6.30. The summed E-state index contributed by atoms with van der Waals surface area (Å²) in [5.41, 5.74) is 6.04. The molecular weight excluding hydrogens is 218 g/mol. The number of amides is 2. The Morgan fingerprint density at radius 1 is 1.35 bits per heavy atom. The minimum Gasteiger partial charge on any atom is -0.359 e. The highest BCUT2D eigenvalue weighted by Crippen LogP contribution is 2.27. The van der Waals surface area contributed by atoms with Crippen LogP contribution in [0.3, 0.4) is 0 Å². The molecule has 4 N–H and O–H groups in total. The molecule has 1 saturated carbocycles. The van der Waals surface area contributed by atoms with E-state index < -0.39 is 0 Å². The molecule has 5 heteroatoms. The van der Waals surface area contributed by atoms with E-state index in [9.17, 15) is 9.59 Å². The average Bonchev–Trinajstić information content (AvgIpc) is 2.32. The number of hydrogen-bond acceptors (Lipinski definition) is 3. The normalized spacial score (nSPS) is 28.5. The molecule has 0 bridgehead atoms. The Kier molecular flexibility index (Phi) is 5.41. The van der Waals surface area contributed by atoms with Crippen molar-refractivity contribution in [1.82, 2.24) is 10.6 Å². The summed E-state index contributed by atoms with van der Waals surface area (Å²) < 4.78 is 0. The van der Waals surface area contributed by atoms with Gasteiger partial charge in [0, 0.05) is 26.1 Å². The summed E-state index contributed by atoms with van der Waals surface area (Å²) in [6.07, 6.45) is 3.34. The van der Waals surface area contributed by atoms with Crippen molar-refractivity contribution >= 4 is 11.8 Å². The van der Waals surface area contributed by atoms with Crippen LogP contribution in [0.2, 0.25) is 0 Å². The summed E-state index contributed by atoms with van der Waals surface area (Å²) in [5.74, 6) is 0.237. The third kappa shape index (κ3) is 4.00. The van der Waals surface area contributed by atoms with Crippen molar-refractivity contribution in [2.45, 2.75) is 38.6 Å². The van der Waals surface area contributed by atoms with Crippen molar-refractivity contribution in [2.24, 2.45) is 17.6 Å². The lowest BCUT2D eigenvalue weighted by Crippen LogP contribution is -2.47. The lowest BCUT2D eigenvalue weighted by atomic mass is 9.78. The Labute approximate surface area is 103 Å². The van der Waals surface area contributed by atoms with Gasteiger partial charge in [-0.3, -0.25) is 9.59 Å². The van der Waals surface area contributed by atoms with E-state index in [2.05, 4.69) is 17.6 Å². The Bertz CT molecular complexity index is 281. The summed E-state index contributed by atoms with van der Waals surface area (Å²) >= 11 is 0. The lowest BCUT2D eigenvalue weighted by molar-refractivity contribution is -0.127. The third-order valence-electron chi connectivity index (χ3n) is 3.56. The van der Waals surface area contributed by atoms with E-state index in [1.807, 2.05) is 0 Å². The molecule has 3 atom stereocenters. The number of nitrogens with two attached hydrogens (primary N) is 1. The molecule has 1 aliphatic rings. The van der Waals surface area contributed by atoms with Gasteiger partial charge in [-0.2, -0.15) is 0 Å². The van der Waals surface area contributed by atoms with Crippen LogP contribution in [-0.2, 0) is 9.59 Å². The van der Waals surface area contributed by atoms with E-state index >= 15 is 0 Å². The summed E-state index contributed by atoms with van der Waals surface area (Å²) in [4.78, 5) is 22.9. The molecule has 1 aliphatic carbocycles. The molecule has 0 radical (unpaired) electrons. The van der Waals surface area contributed by atoms with E-state index in [1.54, 1.807) is 7.05 Å². The fourth-order valence-electron chi connectivity index (χ4n) is 2.30. The standard InChI is InChI=1S/C12H23N3O2/c1-8-4-3-5-9(11(8)13)12(17)15-7-6-10(16)14-2/h8-9,11H,3-7,13H2,1-2H3,(H,14,16)(H,15,17). The SMILES string of the molecule is CNC(=O)CCNC(=O)C1CCCC(C)C1N. The molecular formula is C12H23N3O2. The highest BCUT2D eigenvalue weighted by molar-refractivity contribution is 5.81. The van der Waals surface area contributed by atoms with Gasteiger partial charge in [-0.25, -0.2) is 0 Å². The van der Waals surface area contributed by atoms with Crippen LogP contribution in [0.5, 0.6) is 0 Å². The smallest absolute Gasteiger partial charge is 0.224 e. The Morgan fingerprint density at radius 3 is 2.71 bits per heavy atom. The average molecular weight is 241 g/mol. The van der Waals surface area contributed by atoms with E-state index in [0.29, 0.717) is 18.9 Å². The molecule has 98 valence electrons. The Morgan fingerprint density at radius 2 is 2.06 bits per heavy atom. The van der Waals surface area contributed by atoms with Crippen LogP contribution in [0.15, 0.2) is 0 Å². The van der Waals surface area contributed by atoms with Crippen LogP contribution in [0.4, 0.5) is 0 Å². The van der Waals surface area contributed by atoms with Gasteiger partial charge in [0.25, 0.3) is 0 Å². The molecule has 0 heterocycles. The van der Waals surface area contributed by atoms with Crippen LogP contribution >= 0.6 is 0 Å². The van der Waals surface area contributed by atoms with Crippen LogP contribution in [0, 0.1) is 11.8 Å². The molecule has 0 aromatic heterocycles. The van der Waals surface area contributed by atoms with Gasteiger partial charge in [-0.15, -0.1) is 0 Å². The minimum absolute atomic E-state index is 0.00652. The minimum atomic E-state index is -0.0940. The van der Waals surface area contributed by atoms with E-state index in [0.717, 1.165) is 19.3 Å². The maximum atomic E-state index is 11.9. The van der Waals surface area contributed by atoms with Gasteiger partial charge in [0.2, 0.25) is 11.8 Å². The number of hydrogen-bond donors (Lipinski definition) is 3. The fraction of sp³-hybridized carbons (Fsp3) is 0.833. The van der Waals surface area contributed by atoms with Crippen LogP contribution < -0.4 is 16.4 Å². The monoisotopic (exact) mass is 241 g/mol. The van der Waals surface area contributed by atoms with Gasteiger partial charge < -0.3 is 16.4 Å². The molecule has 0 aromatic rings. The molecule has 0 aliphatic heterocycles. The Balaban J connectivity index is 2.34. The van der Waals surface area contributed by atoms with E-state index in [-0.39, 0.29) is 23.8 Å². The summed E-state index contributed by atoms with van der Waals surface area (Å²) in [7, 11) is 1.59. The van der Waals surface area contributed by atoms with E-state index in [1.165, 1.54) is 0 Å². The first-order chi connectivity index (χ1) is 8.06. The van der Waals surface area contributed by atoms with Crippen LogP contribution in [-0.4, -0.2) is 31.4 Å². The number of rotatable bonds is 4. The molecule has 2 amide bonds. The van der Waals surface area contributed by atoms with Crippen molar-refractivity contribution in [1.29, 1.82) is 0 Å². The fourth-order valence-corrected chi connectivity index (χ4v) is 2.30. The second-order valence-electron chi connectivity index (χ2n) is 4.81. The summed E-state index contributed by atoms with van der Waals surface area (Å²) in [5, 5.41) is 5.31. The maximum Gasteiger partial charge on any atom is 0.224 e. The largest absolute Gasteiger partial charge is 0.359 e.